The van der Waals surface area contributed by atoms with Crippen molar-refractivity contribution < 1.29 is 0 Å². The fourth-order valence-electron chi connectivity index (χ4n) is 9.89. The second kappa shape index (κ2) is 12.3. The number of fused-ring (bicyclic) bond motifs is 14. The van der Waals surface area contributed by atoms with Gasteiger partial charge in [-0.1, -0.05) is 170 Å². The highest BCUT2D eigenvalue weighted by molar-refractivity contribution is 6.18. The number of rotatable bonds is 4. The Morgan fingerprint density at radius 3 is 1.69 bits per heavy atom. The molecule has 0 unspecified atom stereocenters. The minimum Gasteiger partial charge on any atom is -0.278 e. The van der Waals surface area contributed by atoms with Gasteiger partial charge in [0.15, 0.2) is 11.6 Å². The molecule has 0 radical (unpaired) electrons. The summed E-state index contributed by atoms with van der Waals surface area (Å²) in [7, 11) is 0. The quantitative estimate of drug-likeness (QED) is 0.180. The maximum Gasteiger partial charge on any atom is 0.238 e. The van der Waals surface area contributed by atoms with Crippen molar-refractivity contribution in [3.63, 3.8) is 0 Å². The Kier molecular flexibility index (Phi) is 6.84. The summed E-state index contributed by atoms with van der Waals surface area (Å²) in [5, 5.41) is 12.4. The monoisotopic (exact) mass is 737 g/mol. The van der Waals surface area contributed by atoms with Crippen LogP contribution in [0.5, 0.6) is 0 Å². The van der Waals surface area contributed by atoms with E-state index in [1.807, 2.05) is 78.9 Å². The number of benzene rings is 8. The predicted octanol–water partition coefficient (Wildman–Crippen LogP) is 12.2. The largest absolute Gasteiger partial charge is 0.278 e. The summed E-state index contributed by atoms with van der Waals surface area (Å²) in [5.41, 5.74) is 15.9. The van der Waals surface area contributed by atoms with Crippen molar-refractivity contribution in [2.24, 2.45) is 0 Å². The standard InChI is InChI=1S/C53H31N5/c54-32-34-18-4-5-19-35(34)36-20-6-7-23-39(36)51-55-50(33-16-2-1-3-17-33)56-52(57-51)58-46-29-15-11-25-41(46)49-47(58)31-30-45-48(49)40-24-10-14-28-44(40)53(45)42-26-12-8-21-37(42)38-22-9-13-27-43(38)53/h1-31H. The molecule has 5 heteroatoms. The topological polar surface area (TPSA) is 67.4 Å². The first kappa shape index (κ1) is 32.3. The third-order valence-corrected chi connectivity index (χ3v) is 12.2. The molecule has 5 nitrogen and oxygen atoms in total. The number of nitrogens with zero attached hydrogens (tertiary/aromatic N) is 5. The number of aromatic nitrogens is 4. The summed E-state index contributed by atoms with van der Waals surface area (Å²) in [6, 6.07) is 68.2. The van der Waals surface area contributed by atoms with E-state index in [0.29, 0.717) is 23.2 Å². The van der Waals surface area contributed by atoms with Gasteiger partial charge in [0.1, 0.15) is 0 Å². The Morgan fingerprint density at radius 1 is 0.414 bits per heavy atom. The average molecular weight is 738 g/mol. The summed E-state index contributed by atoms with van der Waals surface area (Å²) in [6.45, 7) is 0. The van der Waals surface area contributed by atoms with E-state index in [1.54, 1.807) is 0 Å². The second-order valence-electron chi connectivity index (χ2n) is 15.0. The molecule has 10 aromatic rings. The van der Waals surface area contributed by atoms with Gasteiger partial charge >= 0.3 is 0 Å². The van der Waals surface area contributed by atoms with Gasteiger partial charge in [0.2, 0.25) is 5.95 Å². The molecule has 58 heavy (non-hydrogen) atoms. The van der Waals surface area contributed by atoms with Crippen LogP contribution in [0, 0.1) is 11.3 Å². The highest BCUT2D eigenvalue weighted by atomic mass is 15.2. The molecule has 8 aromatic carbocycles. The van der Waals surface area contributed by atoms with E-state index in [2.05, 4.69) is 120 Å². The molecule has 0 N–H and O–H groups in total. The number of hydrogen-bond acceptors (Lipinski definition) is 4. The van der Waals surface area contributed by atoms with Crippen molar-refractivity contribution >= 4 is 21.8 Å². The number of nitriles is 1. The molecule has 268 valence electrons. The number of hydrogen-bond donors (Lipinski definition) is 0. The zero-order valence-corrected chi connectivity index (χ0v) is 31.1. The first-order chi connectivity index (χ1) is 28.8. The van der Waals surface area contributed by atoms with Gasteiger partial charge in [-0.2, -0.15) is 15.2 Å². The molecular weight excluding hydrogens is 707 g/mol. The van der Waals surface area contributed by atoms with Crippen LogP contribution in [0.25, 0.3) is 83.9 Å². The van der Waals surface area contributed by atoms with E-state index in [9.17, 15) is 5.26 Å². The van der Waals surface area contributed by atoms with Crippen molar-refractivity contribution in [1.82, 2.24) is 19.5 Å². The fraction of sp³-hybridized carbons (Fsp3) is 0.0189. The summed E-state index contributed by atoms with van der Waals surface area (Å²) in [6.07, 6.45) is 0. The van der Waals surface area contributed by atoms with Crippen molar-refractivity contribution in [1.29, 1.82) is 5.26 Å². The Hall–Kier alpha value is -7.94. The molecule has 2 aromatic heterocycles. The molecule has 0 bridgehead atoms. The highest BCUT2D eigenvalue weighted by Gasteiger charge is 2.52. The molecule has 0 saturated heterocycles. The van der Waals surface area contributed by atoms with Crippen LogP contribution in [0.3, 0.4) is 0 Å². The van der Waals surface area contributed by atoms with E-state index < -0.39 is 5.41 Å². The molecule has 12 rings (SSSR count). The normalized spacial score (nSPS) is 12.9. The van der Waals surface area contributed by atoms with E-state index in [4.69, 9.17) is 15.0 Å². The van der Waals surface area contributed by atoms with Gasteiger partial charge in [-0.3, -0.25) is 4.57 Å². The Balaban J connectivity index is 1.17. The third-order valence-electron chi connectivity index (χ3n) is 12.2. The van der Waals surface area contributed by atoms with E-state index in [0.717, 1.165) is 38.7 Å². The molecule has 2 aliphatic carbocycles. The first-order valence-corrected chi connectivity index (χ1v) is 19.5. The van der Waals surface area contributed by atoms with Crippen LogP contribution >= 0.6 is 0 Å². The van der Waals surface area contributed by atoms with Crippen LogP contribution in [0.1, 0.15) is 27.8 Å². The lowest BCUT2D eigenvalue weighted by atomic mass is 9.70. The minimum absolute atomic E-state index is 0.458. The lowest BCUT2D eigenvalue weighted by Crippen LogP contribution is -2.25. The maximum atomic E-state index is 10.1. The van der Waals surface area contributed by atoms with Gasteiger partial charge in [-0.25, -0.2) is 4.98 Å². The van der Waals surface area contributed by atoms with Gasteiger partial charge in [-0.05, 0) is 68.3 Å². The summed E-state index contributed by atoms with van der Waals surface area (Å²) < 4.78 is 2.21. The van der Waals surface area contributed by atoms with E-state index >= 15 is 0 Å². The lowest BCUT2D eigenvalue weighted by Gasteiger charge is -2.30. The van der Waals surface area contributed by atoms with E-state index in [-0.39, 0.29) is 0 Å². The van der Waals surface area contributed by atoms with Crippen LogP contribution in [-0.4, -0.2) is 19.5 Å². The summed E-state index contributed by atoms with van der Waals surface area (Å²) in [4.78, 5) is 15.7. The van der Waals surface area contributed by atoms with Crippen LogP contribution in [-0.2, 0) is 5.41 Å². The molecule has 0 amide bonds. The van der Waals surface area contributed by atoms with Crippen LogP contribution in [0.2, 0.25) is 0 Å². The van der Waals surface area contributed by atoms with Crippen LogP contribution in [0.15, 0.2) is 188 Å². The van der Waals surface area contributed by atoms with Crippen LogP contribution < -0.4 is 0 Å². The molecule has 1 spiro atoms. The van der Waals surface area contributed by atoms with Gasteiger partial charge in [-0.15, -0.1) is 0 Å². The molecule has 0 fully saturated rings. The van der Waals surface area contributed by atoms with Gasteiger partial charge < -0.3 is 0 Å². The van der Waals surface area contributed by atoms with Gasteiger partial charge in [0, 0.05) is 27.5 Å². The summed E-state index contributed by atoms with van der Waals surface area (Å²) >= 11 is 0. The van der Waals surface area contributed by atoms with Crippen molar-refractivity contribution in [3.8, 4) is 68.2 Å². The van der Waals surface area contributed by atoms with Crippen molar-refractivity contribution in [2.75, 3.05) is 0 Å². The average Bonchev–Trinajstić information content (AvgIpc) is 3.91. The Morgan fingerprint density at radius 2 is 0.966 bits per heavy atom. The first-order valence-electron chi connectivity index (χ1n) is 19.5. The zero-order chi connectivity index (χ0) is 38.4. The lowest BCUT2D eigenvalue weighted by molar-refractivity contribution is 0.794. The van der Waals surface area contributed by atoms with Crippen molar-refractivity contribution in [2.45, 2.75) is 5.41 Å². The maximum absolute atomic E-state index is 10.1. The third kappa shape index (κ3) is 4.31. The summed E-state index contributed by atoms with van der Waals surface area (Å²) in [5.74, 6) is 1.62. The van der Waals surface area contributed by atoms with E-state index in [1.165, 1.54) is 49.9 Å². The Labute approximate surface area is 334 Å². The molecule has 2 aliphatic rings. The predicted molar refractivity (Wildman–Crippen MR) is 231 cm³/mol. The van der Waals surface area contributed by atoms with Gasteiger partial charge in [0.05, 0.1) is 28.1 Å². The SMILES string of the molecule is N#Cc1ccccc1-c1ccccc1-c1nc(-c2ccccc2)nc(-n2c3ccccc3c3c4c(ccc32)C2(c3ccccc3-c3ccccc32)c2ccccc2-4)n1. The minimum atomic E-state index is -0.458. The second-order valence-corrected chi connectivity index (χ2v) is 15.0. The highest BCUT2D eigenvalue weighted by Crippen LogP contribution is 2.64. The van der Waals surface area contributed by atoms with Crippen LogP contribution in [0.4, 0.5) is 0 Å². The zero-order valence-electron chi connectivity index (χ0n) is 31.1. The molecule has 0 aliphatic heterocycles. The molecule has 2 heterocycles. The Bertz CT molecular complexity index is 3320. The number of para-hydroxylation sites is 1. The van der Waals surface area contributed by atoms with Gasteiger partial charge in [0.25, 0.3) is 0 Å². The molecule has 0 atom stereocenters. The molecule has 0 saturated carbocycles. The smallest absolute Gasteiger partial charge is 0.238 e. The molecular formula is C53H31N5. The van der Waals surface area contributed by atoms with Crippen molar-refractivity contribution in [3.05, 3.63) is 216 Å². The fourth-order valence-corrected chi connectivity index (χ4v) is 9.89.